The molecule has 0 aliphatic carbocycles. The van der Waals surface area contributed by atoms with Crippen molar-refractivity contribution in [1.82, 2.24) is 0 Å². The molecule has 0 amide bonds. The van der Waals surface area contributed by atoms with Crippen LogP contribution in [0.5, 0.6) is 0 Å². The van der Waals surface area contributed by atoms with E-state index in [1.807, 2.05) is 0 Å². The smallest absolute Gasteiger partial charge is 0.759 e. The third kappa shape index (κ3) is 6800. The molecule has 65 valence electrons. The predicted octanol–water partition coefficient (Wildman–Crippen LogP) is -2.68. The summed E-state index contributed by atoms with van der Waals surface area (Å²) in [4.78, 5) is 0. The maximum atomic E-state index is 8.52. The third-order valence-electron chi connectivity index (χ3n) is 0. The van der Waals surface area contributed by atoms with Gasteiger partial charge >= 0.3 is 18.6 Å². The van der Waals surface area contributed by atoms with E-state index in [1.54, 1.807) is 0 Å². The molecule has 0 aliphatic rings. The molecule has 11 heteroatoms. The van der Waals surface area contributed by atoms with Crippen molar-refractivity contribution in [2.75, 3.05) is 0 Å². The van der Waals surface area contributed by atoms with Gasteiger partial charge < -0.3 is 18.2 Å². The van der Waals surface area contributed by atoms with Gasteiger partial charge in [-0.05, 0) is 0 Å². The Balaban J connectivity index is -0.000000107. The molecule has 0 saturated heterocycles. The molecular weight excluding hydrogens is 243 g/mol. The monoisotopic (exact) mass is 243 g/mol. The van der Waals surface area contributed by atoms with Gasteiger partial charge in [0.05, 0.1) is 0 Å². The van der Waals surface area contributed by atoms with E-state index >= 15 is 0 Å². The predicted molar refractivity (Wildman–Crippen MR) is 20.9 cm³/mol. The van der Waals surface area contributed by atoms with Gasteiger partial charge in [0, 0.05) is 20.8 Å². The van der Waals surface area contributed by atoms with E-state index < -0.39 is 20.8 Å². The molecule has 0 aromatic carbocycles. The van der Waals surface area contributed by atoms with Crippen molar-refractivity contribution < 1.29 is 53.6 Å². The van der Waals surface area contributed by atoms with Crippen molar-refractivity contribution in [3.8, 4) is 0 Å². The first-order valence-corrected chi connectivity index (χ1v) is 4.00. The molecule has 0 aromatic rings. The summed E-state index contributed by atoms with van der Waals surface area (Å²) < 4.78 is 68.2. The summed E-state index contributed by atoms with van der Waals surface area (Å²) >= 11 is 0. The summed E-state index contributed by atoms with van der Waals surface area (Å²) in [7, 11) is -10.3. The second-order valence-electron chi connectivity index (χ2n) is 0.816. The molecule has 1 radical (unpaired) electrons. The molecule has 0 fully saturated rings. The summed E-state index contributed by atoms with van der Waals surface area (Å²) in [6, 6.07) is 0. The minimum Gasteiger partial charge on any atom is -0.759 e. The Hall–Kier alpha value is 0.324. The molecule has 0 bridgehead atoms. The van der Waals surface area contributed by atoms with Crippen LogP contribution in [0.2, 0.25) is 0 Å². The van der Waals surface area contributed by atoms with Crippen LogP contribution in [0, 0.1) is 0 Å². The molecule has 0 heterocycles. The van der Waals surface area contributed by atoms with Crippen LogP contribution in [0.1, 0.15) is 0 Å². The van der Waals surface area contributed by atoms with Crippen LogP contribution in [0.4, 0.5) is 0 Å². The van der Waals surface area contributed by atoms with E-state index in [1.165, 1.54) is 0 Å². The molecule has 0 N–H and O–H groups in total. The largest absolute Gasteiger partial charge is 4.00 e. The topological polar surface area (TPSA) is 161 Å². The number of rotatable bonds is 0. The van der Waals surface area contributed by atoms with Gasteiger partial charge in [-0.25, -0.2) is 0 Å². The summed E-state index contributed by atoms with van der Waals surface area (Å²) in [5.74, 6) is 0. The van der Waals surface area contributed by atoms with Gasteiger partial charge in [-0.15, -0.1) is 0 Å². The quantitative estimate of drug-likeness (QED) is 0.328. The first-order chi connectivity index (χ1) is 4.00. The van der Waals surface area contributed by atoms with Crippen molar-refractivity contribution >= 4 is 20.8 Å². The Bertz CT molecular complexity index is 208. The Labute approximate surface area is 74.7 Å². The standard InChI is InChI=1S/2H2O4S.V/c2*1-5(2,3)4;/h2*(H2,1,2,3,4);/q;;+4/p-4. The Morgan fingerprint density at radius 2 is 0.636 bits per heavy atom. The van der Waals surface area contributed by atoms with Gasteiger partial charge in [0.1, 0.15) is 0 Å². The van der Waals surface area contributed by atoms with Gasteiger partial charge in [0.15, 0.2) is 0 Å². The summed E-state index contributed by atoms with van der Waals surface area (Å²) in [5.41, 5.74) is 0. The van der Waals surface area contributed by atoms with E-state index in [-0.39, 0.29) is 18.6 Å². The van der Waals surface area contributed by atoms with Crippen molar-refractivity contribution in [1.29, 1.82) is 0 Å². The normalized spacial score (nSPS) is 10.5. The average molecular weight is 243 g/mol. The second-order valence-corrected chi connectivity index (χ2v) is 2.45. The van der Waals surface area contributed by atoms with Gasteiger partial charge in [0.2, 0.25) is 0 Å². The van der Waals surface area contributed by atoms with Gasteiger partial charge in [-0.1, -0.05) is 0 Å². The van der Waals surface area contributed by atoms with E-state index in [0.717, 1.165) is 0 Å². The molecule has 0 aliphatic heterocycles. The van der Waals surface area contributed by atoms with E-state index in [2.05, 4.69) is 0 Å². The maximum absolute atomic E-state index is 8.52. The minimum absolute atomic E-state index is 0. The zero-order valence-electron chi connectivity index (χ0n) is 4.53. The third-order valence-corrected chi connectivity index (χ3v) is 0. The molecule has 0 aromatic heterocycles. The second kappa shape index (κ2) is 5.91. The van der Waals surface area contributed by atoms with E-state index in [9.17, 15) is 0 Å². The summed E-state index contributed by atoms with van der Waals surface area (Å²) in [5, 5.41) is 0. The Kier molecular flexibility index (Phi) is 9.36. The Morgan fingerprint density at radius 1 is 0.636 bits per heavy atom. The molecular formula is O8S2V. The first-order valence-electron chi connectivity index (χ1n) is 1.33. The van der Waals surface area contributed by atoms with Crippen LogP contribution >= 0.6 is 0 Å². The van der Waals surface area contributed by atoms with Gasteiger partial charge in [-0.2, -0.15) is 0 Å². The summed E-state index contributed by atoms with van der Waals surface area (Å²) in [6.45, 7) is 0. The average Bonchev–Trinajstić information content (AvgIpc) is 1.12. The zero-order chi connectivity index (χ0) is 9.00. The van der Waals surface area contributed by atoms with Crippen LogP contribution in [0.25, 0.3) is 0 Å². The number of hydrogen-bond acceptors (Lipinski definition) is 8. The molecule has 0 atom stereocenters. The fourth-order valence-corrected chi connectivity index (χ4v) is 0. The molecule has 0 spiro atoms. The number of hydrogen-bond donors (Lipinski definition) is 0. The molecule has 8 nitrogen and oxygen atoms in total. The molecule has 0 unspecified atom stereocenters. The van der Waals surface area contributed by atoms with Gasteiger partial charge in [0.25, 0.3) is 0 Å². The zero-order valence-corrected chi connectivity index (χ0v) is 7.56. The van der Waals surface area contributed by atoms with Crippen molar-refractivity contribution in [3.63, 3.8) is 0 Å². The minimum atomic E-state index is -5.17. The molecule has 0 saturated carbocycles. The van der Waals surface area contributed by atoms with Crippen LogP contribution in [-0.4, -0.2) is 35.0 Å². The van der Waals surface area contributed by atoms with Crippen molar-refractivity contribution in [2.45, 2.75) is 0 Å². The summed E-state index contributed by atoms with van der Waals surface area (Å²) in [6.07, 6.45) is 0. The van der Waals surface area contributed by atoms with Crippen LogP contribution < -0.4 is 0 Å². The molecule has 11 heavy (non-hydrogen) atoms. The Morgan fingerprint density at radius 3 is 0.636 bits per heavy atom. The fraction of sp³-hybridized carbons (Fsp3) is 0. The van der Waals surface area contributed by atoms with Crippen LogP contribution in [0.3, 0.4) is 0 Å². The van der Waals surface area contributed by atoms with E-state index in [4.69, 9.17) is 35.0 Å². The first kappa shape index (κ1) is 17.4. The fourth-order valence-electron chi connectivity index (χ4n) is 0. The van der Waals surface area contributed by atoms with Crippen LogP contribution in [0.15, 0.2) is 0 Å². The van der Waals surface area contributed by atoms with Gasteiger partial charge in [-0.3, -0.25) is 16.8 Å². The maximum Gasteiger partial charge on any atom is 4.00 e. The van der Waals surface area contributed by atoms with Crippen LogP contribution in [-0.2, 0) is 39.4 Å². The molecule has 0 rings (SSSR count). The SMILES string of the molecule is O=S(=O)([O-])[O-].O=S(=O)([O-])[O-].[V+4]. The van der Waals surface area contributed by atoms with E-state index in [0.29, 0.717) is 0 Å². The van der Waals surface area contributed by atoms with Crippen molar-refractivity contribution in [3.05, 3.63) is 0 Å². The van der Waals surface area contributed by atoms with Crippen molar-refractivity contribution in [2.24, 2.45) is 0 Å².